The van der Waals surface area contributed by atoms with Crippen molar-refractivity contribution in [2.45, 2.75) is 52.6 Å². The van der Waals surface area contributed by atoms with Crippen LogP contribution in [0.4, 0.5) is 0 Å². The molecule has 5 heteroatoms. The van der Waals surface area contributed by atoms with E-state index in [9.17, 15) is 9.59 Å². The van der Waals surface area contributed by atoms with Crippen molar-refractivity contribution in [3.05, 3.63) is 65.7 Å². The first-order chi connectivity index (χ1) is 14.5. The van der Waals surface area contributed by atoms with Gasteiger partial charge in [-0.15, -0.1) is 0 Å². The first-order valence-electron chi connectivity index (χ1n) is 10.7. The zero-order chi connectivity index (χ0) is 21.9. The maximum Gasteiger partial charge on any atom is 0.243 e. The number of carbonyl (C=O) groups is 2. The summed E-state index contributed by atoms with van der Waals surface area (Å²) in [5, 5.41) is 3.03. The Morgan fingerprint density at radius 3 is 2.23 bits per heavy atom. The molecule has 2 aromatic rings. The number of nitrogens with zero attached hydrogens (tertiary/aromatic N) is 1. The number of benzene rings is 2. The highest BCUT2D eigenvalue weighted by molar-refractivity contribution is 5.88. The molecule has 0 spiro atoms. The minimum Gasteiger partial charge on any atom is -0.497 e. The summed E-state index contributed by atoms with van der Waals surface area (Å²) in [5.74, 6) is 0.427. The lowest BCUT2D eigenvalue weighted by molar-refractivity contribution is -0.143. The van der Waals surface area contributed by atoms with E-state index in [1.54, 1.807) is 12.0 Å². The van der Waals surface area contributed by atoms with Crippen LogP contribution in [0.25, 0.3) is 0 Å². The quantitative estimate of drug-likeness (QED) is 0.565. The summed E-state index contributed by atoms with van der Waals surface area (Å²) < 4.78 is 5.23. The fraction of sp³-hybridized carbons (Fsp3) is 0.440. The molecule has 2 amide bonds. The topological polar surface area (TPSA) is 58.6 Å². The van der Waals surface area contributed by atoms with Gasteiger partial charge < -0.3 is 15.0 Å². The summed E-state index contributed by atoms with van der Waals surface area (Å²) in [5.41, 5.74) is 1.99. The molecule has 0 aliphatic rings. The van der Waals surface area contributed by atoms with Gasteiger partial charge in [-0.25, -0.2) is 0 Å². The highest BCUT2D eigenvalue weighted by Gasteiger charge is 2.31. The molecule has 0 aliphatic heterocycles. The smallest absolute Gasteiger partial charge is 0.243 e. The summed E-state index contributed by atoms with van der Waals surface area (Å²) in [6, 6.07) is 16.9. The highest BCUT2D eigenvalue weighted by Crippen LogP contribution is 2.19. The van der Waals surface area contributed by atoms with E-state index in [1.165, 1.54) is 0 Å². The minimum absolute atomic E-state index is 0.0302. The number of hydrogen-bond donors (Lipinski definition) is 1. The van der Waals surface area contributed by atoms with Gasteiger partial charge in [-0.05, 0) is 29.7 Å². The van der Waals surface area contributed by atoms with Crippen LogP contribution in [-0.4, -0.2) is 36.4 Å². The molecule has 1 unspecified atom stereocenters. The van der Waals surface area contributed by atoms with Crippen molar-refractivity contribution < 1.29 is 14.3 Å². The Kier molecular flexibility index (Phi) is 9.39. The predicted molar refractivity (Wildman–Crippen MR) is 120 cm³/mol. The van der Waals surface area contributed by atoms with Crippen molar-refractivity contribution in [3.63, 3.8) is 0 Å². The Balaban J connectivity index is 2.33. The number of carbonyl (C=O) groups excluding carboxylic acids is 2. The third-order valence-electron chi connectivity index (χ3n) is 5.07. The van der Waals surface area contributed by atoms with Crippen LogP contribution in [0.2, 0.25) is 0 Å². The molecule has 0 saturated carbocycles. The van der Waals surface area contributed by atoms with Gasteiger partial charge in [0.05, 0.1) is 7.11 Å². The largest absolute Gasteiger partial charge is 0.497 e. The van der Waals surface area contributed by atoms with Crippen molar-refractivity contribution >= 4 is 11.8 Å². The van der Waals surface area contributed by atoms with Crippen LogP contribution in [0.5, 0.6) is 5.75 Å². The summed E-state index contributed by atoms with van der Waals surface area (Å²) >= 11 is 0. The lowest BCUT2D eigenvalue weighted by atomic mass is 10.0. The number of amides is 2. The number of unbranched alkanes of at least 4 members (excludes halogenated alkanes) is 1. The molecule has 0 heterocycles. The zero-order valence-corrected chi connectivity index (χ0v) is 18.6. The van der Waals surface area contributed by atoms with E-state index in [2.05, 4.69) is 12.2 Å². The zero-order valence-electron chi connectivity index (χ0n) is 18.6. The Morgan fingerprint density at radius 2 is 1.67 bits per heavy atom. The Labute approximate surface area is 180 Å². The van der Waals surface area contributed by atoms with E-state index < -0.39 is 6.04 Å². The lowest BCUT2D eigenvalue weighted by Crippen LogP contribution is -2.51. The molecule has 0 aliphatic carbocycles. The molecule has 1 N–H and O–H groups in total. The van der Waals surface area contributed by atoms with Crippen LogP contribution >= 0.6 is 0 Å². The maximum atomic E-state index is 13.2. The van der Waals surface area contributed by atoms with Gasteiger partial charge in [-0.3, -0.25) is 9.59 Å². The average Bonchev–Trinajstić information content (AvgIpc) is 2.76. The van der Waals surface area contributed by atoms with E-state index in [-0.39, 0.29) is 17.7 Å². The van der Waals surface area contributed by atoms with Gasteiger partial charge >= 0.3 is 0 Å². The van der Waals surface area contributed by atoms with Gasteiger partial charge in [0, 0.05) is 25.4 Å². The van der Waals surface area contributed by atoms with E-state index >= 15 is 0 Å². The third-order valence-corrected chi connectivity index (χ3v) is 5.07. The Hall–Kier alpha value is -2.82. The van der Waals surface area contributed by atoms with Crippen molar-refractivity contribution in [2.24, 2.45) is 5.92 Å². The minimum atomic E-state index is -0.568. The monoisotopic (exact) mass is 410 g/mol. The molecule has 0 fully saturated rings. The Bertz CT molecular complexity index is 788. The highest BCUT2D eigenvalue weighted by atomic mass is 16.5. The molecular formula is C25H34N2O3. The van der Waals surface area contributed by atoms with Gasteiger partial charge in [-0.2, -0.15) is 0 Å². The second-order valence-electron chi connectivity index (χ2n) is 7.82. The summed E-state index contributed by atoms with van der Waals surface area (Å²) in [6.07, 6.45) is 2.40. The van der Waals surface area contributed by atoms with E-state index in [0.717, 1.165) is 29.7 Å². The van der Waals surface area contributed by atoms with E-state index in [4.69, 9.17) is 4.74 Å². The van der Waals surface area contributed by atoms with Crippen LogP contribution in [0.3, 0.4) is 0 Å². The first kappa shape index (κ1) is 23.5. The van der Waals surface area contributed by atoms with Crippen molar-refractivity contribution in [1.82, 2.24) is 10.2 Å². The van der Waals surface area contributed by atoms with Crippen LogP contribution < -0.4 is 10.1 Å². The molecule has 1 atom stereocenters. The molecule has 162 valence electrons. The molecule has 0 radical (unpaired) electrons. The van der Waals surface area contributed by atoms with Gasteiger partial charge in [0.1, 0.15) is 11.8 Å². The average molecular weight is 411 g/mol. The third kappa shape index (κ3) is 6.90. The summed E-state index contributed by atoms with van der Waals surface area (Å²) in [4.78, 5) is 28.0. The fourth-order valence-electron chi connectivity index (χ4n) is 3.29. The molecule has 0 saturated heterocycles. The normalized spacial score (nSPS) is 11.8. The van der Waals surface area contributed by atoms with Crippen molar-refractivity contribution in [2.75, 3.05) is 13.7 Å². The van der Waals surface area contributed by atoms with Crippen LogP contribution in [-0.2, 0) is 22.6 Å². The van der Waals surface area contributed by atoms with Crippen molar-refractivity contribution in [3.8, 4) is 5.75 Å². The molecule has 2 rings (SSSR count). The fourth-order valence-corrected chi connectivity index (χ4v) is 3.29. The lowest BCUT2D eigenvalue weighted by Gasteiger charge is -2.33. The summed E-state index contributed by atoms with van der Waals surface area (Å²) in [7, 11) is 1.63. The number of ether oxygens (including phenoxy) is 1. The van der Waals surface area contributed by atoms with Crippen LogP contribution in [0, 0.1) is 5.92 Å². The van der Waals surface area contributed by atoms with Gasteiger partial charge in [0.15, 0.2) is 0 Å². The number of hydrogen-bond acceptors (Lipinski definition) is 3. The SMILES string of the molecule is CCCCNC(=O)C(Cc1ccccc1)N(Cc1ccc(OC)cc1)C(=O)C(C)C. The van der Waals surface area contributed by atoms with Gasteiger partial charge in [0.25, 0.3) is 0 Å². The van der Waals surface area contributed by atoms with Crippen molar-refractivity contribution in [1.29, 1.82) is 0 Å². The molecule has 2 aromatic carbocycles. The maximum absolute atomic E-state index is 13.2. The number of rotatable bonds is 11. The van der Waals surface area contributed by atoms with E-state index in [1.807, 2.05) is 68.4 Å². The van der Waals surface area contributed by atoms with E-state index in [0.29, 0.717) is 19.5 Å². The number of nitrogens with one attached hydrogen (secondary N) is 1. The first-order valence-corrected chi connectivity index (χ1v) is 10.7. The summed E-state index contributed by atoms with van der Waals surface area (Å²) in [6.45, 7) is 6.83. The Morgan fingerprint density at radius 1 is 1.00 bits per heavy atom. The second-order valence-corrected chi connectivity index (χ2v) is 7.82. The van der Waals surface area contributed by atoms with Gasteiger partial charge in [-0.1, -0.05) is 69.7 Å². The molecule has 0 bridgehead atoms. The molecule has 30 heavy (non-hydrogen) atoms. The number of methoxy groups -OCH3 is 1. The van der Waals surface area contributed by atoms with Crippen LogP contribution in [0.1, 0.15) is 44.7 Å². The molecule has 5 nitrogen and oxygen atoms in total. The van der Waals surface area contributed by atoms with Crippen LogP contribution in [0.15, 0.2) is 54.6 Å². The molecule has 0 aromatic heterocycles. The predicted octanol–water partition coefficient (Wildman–Crippen LogP) is 4.21. The van der Waals surface area contributed by atoms with Gasteiger partial charge in [0.2, 0.25) is 11.8 Å². The second kappa shape index (κ2) is 12.0. The molecular weight excluding hydrogens is 376 g/mol. The standard InChI is InChI=1S/C25H34N2O3/c1-5-6-16-26-24(28)23(17-20-10-8-7-9-11-20)27(25(29)19(2)3)18-21-12-14-22(30-4)15-13-21/h7-15,19,23H,5-6,16-18H2,1-4H3,(H,26,28).